The first kappa shape index (κ1) is 22.8. The van der Waals surface area contributed by atoms with Crippen LogP contribution in [0.15, 0.2) is 24.3 Å². The highest BCUT2D eigenvalue weighted by atomic mass is 16.3. The Morgan fingerprint density at radius 2 is 1.59 bits per heavy atom. The minimum absolute atomic E-state index is 0.109. The van der Waals surface area contributed by atoms with Crippen LogP contribution in [0, 0.1) is 35.5 Å². The molecule has 2 N–H and O–H groups in total. The number of hydrogen-bond donors (Lipinski definition) is 2. The monoisotopic (exact) mass is 465 g/mol. The summed E-state index contributed by atoms with van der Waals surface area (Å²) in [6.45, 7) is 5.11. The summed E-state index contributed by atoms with van der Waals surface area (Å²) in [6.07, 6.45) is 12.1. The molecule has 5 nitrogen and oxygen atoms in total. The minimum atomic E-state index is 0.109. The maximum absolute atomic E-state index is 12.9. The number of nitrogens with zero attached hydrogens (tertiary/aromatic N) is 2. The number of rotatable bonds is 6. The van der Waals surface area contributed by atoms with E-state index in [4.69, 9.17) is 0 Å². The van der Waals surface area contributed by atoms with Crippen molar-refractivity contribution in [2.45, 2.75) is 63.8 Å². The molecule has 0 radical (unpaired) electrons. The zero-order chi connectivity index (χ0) is 23.1. The van der Waals surface area contributed by atoms with E-state index in [0.29, 0.717) is 12.6 Å². The number of anilines is 1. The molecular weight excluding hydrogens is 422 g/mol. The van der Waals surface area contributed by atoms with E-state index in [1.54, 1.807) is 6.42 Å². The molecule has 1 atom stereocenters. The second-order valence-corrected chi connectivity index (χ2v) is 12.3. The largest absolute Gasteiger partial charge is 0.396 e. The van der Waals surface area contributed by atoms with Crippen LogP contribution in [0.4, 0.5) is 5.69 Å². The smallest absolute Gasteiger partial charge is 0.253 e. The number of nitrogens with one attached hydrogen (secondary N) is 1. The Kier molecular flexibility index (Phi) is 6.59. The first-order valence-electron chi connectivity index (χ1n) is 14.1. The van der Waals surface area contributed by atoms with E-state index in [9.17, 15) is 9.90 Å². The average molecular weight is 466 g/mol. The third kappa shape index (κ3) is 4.63. The molecule has 0 unspecified atom stereocenters. The standard InChI is InChI=1S/C29H43N3O2/c33-19-20-2-1-9-32(18-20)29(34)23-3-5-27(6-4-23)31-10-7-26(8-11-31)30-17-28-24-13-21-12-22(15-24)16-25(28)14-21/h3-6,20-22,24-26,28,30,33H,1-2,7-19H2/t20-,21?,22?,24?,25?,28?/m0/s1. The second kappa shape index (κ2) is 9.81. The van der Waals surface area contributed by atoms with Gasteiger partial charge in [0.25, 0.3) is 5.91 Å². The predicted octanol–water partition coefficient (Wildman–Crippen LogP) is 4.16. The van der Waals surface area contributed by atoms with Gasteiger partial charge in [0.2, 0.25) is 0 Å². The number of carbonyl (C=O) groups is 1. The lowest BCUT2D eigenvalue weighted by atomic mass is 9.52. The summed E-state index contributed by atoms with van der Waals surface area (Å²) < 4.78 is 0. The van der Waals surface area contributed by atoms with Crippen molar-refractivity contribution in [3.63, 3.8) is 0 Å². The van der Waals surface area contributed by atoms with E-state index in [-0.39, 0.29) is 18.4 Å². The van der Waals surface area contributed by atoms with Crippen LogP contribution in [0.5, 0.6) is 0 Å². The number of carbonyl (C=O) groups excluding carboxylic acids is 1. The summed E-state index contributed by atoms with van der Waals surface area (Å²) in [6, 6.07) is 8.91. The number of hydrogen-bond acceptors (Lipinski definition) is 4. The van der Waals surface area contributed by atoms with Crippen LogP contribution in [0.3, 0.4) is 0 Å². The minimum Gasteiger partial charge on any atom is -0.396 e. The maximum Gasteiger partial charge on any atom is 0.253 e. The maximum atomic E-state index is 12.9. The van der Waals surface area contributed by atoms with Crippen LogP contribution in [0.1, 0.15) is 68.1 Å². The van der Waals surface area contributed by atoms with Crippen molar-refractivity contribution in [1.29, 1.82) is 0 Å². The molecule has 1 aromatic rings. The highest BCUT2D eigenvalue weighted by molar-refractivity contribution is 5.94. The van der Waals surface area contributed by atoms with Gasteiger partial charge in [-0.1, -0.05) is 0 Å². The summed E-state index contributed by atoms with van der Waals surface area (Å²) in [5, 5.41) is 13.5. The van der Waals surface area contributed by atoms with E-state index in [1.807, 2.05) is 17.0 Å². The molecule has 2 heterocycles. The van der Waals surface area contributed by atoms with Gasteiger partial charge in [-0.05, 0) is 124 Å². The van der Waals surface area contributed by atoms with Gasteiger partial charge in [0.1, 0.15) is 0 Å². The van der Waals surface area contributed by atoms with Crippen LogP contribution in [0.2, 0.25) is 0 Å². The highest BCUT2D eigenvalue weighted by Crippen LogP contribution is 2.56. The molecule has 5 heteroatoms. The quantitative estimate of drug-likeness (QED) is 0.662. The van der Waals surface area contributed by atoms with Gasteiger partial charge in [0.05, 0.1) is 0 Å². The van der Waals surface area contributed by atoms with E-state index in [1.165, 1.54) is 50.8 Å². The van der Waals surface area contributed by atoms with Gasteiger partial charge in [0.15, 0.2) is 0 Å². The highest BCUT2D eigenvalue weighted by Gasteiger charge is 2.47. The predicted molar refractivity (Wildman–Crippen MR) is 136 cm³/mol. The molecule has 4 bridgehead atoms. The van der Waals surface area contributed by atoms with Crippen molar-refractivity contribution in [2.75, 3.05) is 44.2 Å². The Labute approximate surface area is 205 Å². The average Bonchev–Trinajstić information content (AvgIpc) is 2.88. The fourth-order valence-corrected chi connectivity index (χ4v) is 8.41. The van der Waals surface area contributed by atoms with Crippen molar-refractivity contribution in [3.05, 3.63) is 29.8 Å². The Morgan fingerprint density at radius 1 is 0.912 bits per heavy atom. The molecule has 4 saturated carbocycles. The Bertz CT molecular complexity index is 819. The third-order valence-corrected chi connectivity index (χ3v) is 10.1. The Hall–Kier alpha value is -1.59. The Balaban J connectivity index is 0.976. The molecule has 6 fully saturated rings. The molecule has 2 saturated heterocycles. The molecule has 186 valence electrons. The van der Waals surface area contributed by atoms with E-state index < -0.39 is 0 Å². The van der Waals surface area contributed by atoms with Crippen LogP contribution in [-0.4, -0.2) is 61.3 Å². The second-order valence-electron chi connectivity index (χ2n) is 12.3. The van der Waals surface area contributed by atoms with E-state index in [0.717, 1.165) is 67.6 Å². The zero-order valence-corrected chi connectivity index (χ0v) is 20.7. The molecule has 34 heavy (non-hydrogen) atoms. The van der Waals surface area contributed by atoms with Gasteiger partial charge in [-0.25, -0.2) is 0 Å². The lowest BCUT2D eigenvalue weighted by Gasteiger charge is -2.54. The lowest BCUT2D eigenvalue weighted by molar-refractivity contribution is -0.0365. The molecule has 1 aromatic carbocycles. The molecule has 0 aromatic heterocycles. The van der Waals surface area contributed by atoms with Gasteiger partial charge < -0.3 is 20.2 Å². The molecular formula is C29H43N3O2. The SMILES string of the molecule is O=C(c1ccc(N2CCC(NCC3C4CC5CC(C4)CC3C5)CC2)cc1)N1CCC[C@H](CO)C1. The normalized spacial score (nSPS) is 35.7. The zero-order valence-electron chi connectivity index (χ0n) is 20.7. The summed E-state index contributed by atoms with van der Waals surface area (Å²) in [5.74, 6) is 5.46. The number of piperidine rings is 2. The van der Waals surface area contributed by atoms with Gasteiger partial charge in [-0.2, -0.15) is 0 Å². The lowest BCUT2D eigenvalue weighted by Crippen LogP contribution is -2.51. The number of benzene rings is 1. The number of amides is 1. The van der Waals surface area contributed by atoms with Gasteiger partial charge in [-0.3, -0.25) is 4.79 Å². The van der Waals surface area contributed by atoms with Crippen molar-refractivity contribution in [2.24, 2.45) is 35.5 Å². The van der Waals surface area contributed by atoms with Gasteiger partial charge in [-0.15, -0.1) is 0 Å². The van der Waals surface area contributed by atoms with Crippen molar-refractivity contribution >= 4 is 11.6 Å². The Morgan fingerprint density at radius 3 is 2.24 bits per heavy atom. The fourth-order valence-electron chi connectivity index (χ4n) is 8.41. The summed E-state index contributed by atoms with van der Waals surface area (Å²) >= 11 is 0. The van der Waals surface area contributed by atoms with Crippen LogP contribution < -0.4 is 10.2 Å². The molecule has 6 aliphatic rings. The molecule has 2 aliphatic heterocycles. The number of aliphatic hydroxyl groups excluding tert-OH is 1. The van der Waals surface area contributed by atoms with Gasteiger partial charge in [0, 0.05) is 50.1 Å². The first-order valence-corrected chi connectivity index (χ1v) is 14.1. The van der Waals surface area contributed by atoms with Crippen LogP contribution >= 0.6 is 0 Å². The van der Waals surface area contributed by atoms with Crippen LogP contribution in [0.25, 0.3) is 0 Å². The topological polar surface area (TPSA) is 55.8 Å². The van der Waals surface area contributed by atoms with E-state index in [2.05, 4.69) is 22.3 Å². The first-order chi connectivity index (χ1) is 16.7. The van der Waals surface area contributed by atoms with Crippen molar-refractivity contribution < 1.29 is 9.90 Å². The fraction of sp³-hybridized carbons (Fsp3) is 0.759. The van der Waals surface area contributed by atoms with Gasteiger partial charge >= 0.3 is 0 Å². The summed E-state index contributed by atoms with van der Waals surface area (Å²) in [4.78, 5) is 17.3. The molecule has 0 spiro atoms. The van der Waals surface area contributed by atoms with E-state index >= 15 is 0 Å². The summed E-state index contributed by atoms with van der Waals surface area (Å²) in [7, 11) is 0. The molecule has 1 amide bonds. The molecule has 7 rings (SSSR count). The van der Waals surface area contributed by atoms with Crippen LogP contribution in [-0.2, 0) is 0 Å². The van der Waals surface area contributed by atoms with Crippen molar-refractivity contribution in [1.82, 2.24) is 10.2 Å². The number of likely N-dealkylation sites (tertiary alicyclic amines) is 1. The third-order valence-electron chi connectivity index (χ3n) is 10.1. The van der Waals surface area contributed by atoms with Crippen molar-refractivity contribution in [3.8, 4) is 0 Å². The summed E-state index contributed by atoms with van der Waals surface area (Å²) in [5.41, 5.74) is 2.01. The molecule has 4 aliphatic carbocycles. The number of aliphatic hydroxyl groups is 1.